The van der Waals surface area contributed by atoms with Crippen LogP contribution in [0.5, 0.6) is 0 Å². The molecule has 0 spiro atoms. The molecule has 0 aliphatic carbocycles. The molecule has 2 aromatic rings. The van der Waals surface area contributed by atoms with E-state index in [-0.39, 0.29) is 31.5 Å². The lowest BCUT2D eigenvalue weighted by Gasteiger charge is -2.18. The number of ether oxygens (including phenoxy) is 1. The van der Waals surface area contributed by atoms with Crippen molar-refractivity contribution < 1.29 is 24.2 Å². The van der Waals surface area contributed by atoms with Gasteiger partial charge in [-0.2, -0.15) is 0 Å². The summed E-state index contributed by atoms with van der Waals surface area (Å²) in [6.45, 7) is 6.16. The lowest BCUT2D eigenvalue weighted by atomic mass is 9.98. The highest BCUT2D eigenvalue weighted by Gasteiger charge is 2.29. The van der Waals surface area contributed by atoms with Crippen LogP contribution in [0.25, 0.3) is 16.6 Å². The molecule has 1 unspecified atom stereocenters. The number of carbonyl (C=O) groups is 3. The van der Waals surface area contributed by atoms with Crippen molar-refractivity contribution in [1.82, 2.24) is 15.2 Å². The number of aromatic nitrogens is 1. The fourth-order valence-corrected chi connectivity index (χ4v) is 4.49. The number of aliphatic hydroxyl groups excluding tert-OH is 1. The van der Waals surface area contributed by atoms with Crippen molar-refractivity contribution in [3.63, 3.8) is 0 Å². The maximum atomic E-state index is 12.5. The van der Waals surface area contributed by atoms with Gasteiger partial charge in [0.25, 0.3) is 0 Å². The van der Waals surface area contributed by atoms with Gasteiger partial charge in [-0.1, -0.05) is 25.4 Å². The molecular formula is C26H28ClN3O5. The number of rotatable bonds is 6. The third-order valence-electron chi connectivity index (χ3n) is 6.46. The van der Waals surface area contributed by atoms with Crippen molar-refractivity contribution in [3.05, 3.63) is 56.8 Å². The number of nitrogens with one attached hydrogen (secondary N) is 1. The molecule has 8 nitrogen and oxygen atoms in total. The Balaban J connectivity index is 1.85. The number of aliphatic hydroxyl groups is 1. The smallest absolute Gasteiger partial charge is 0.310 e. The minimum Gasteiger partial charge on any atom is -0.460 e. The number of aryl methyl sites for hydroxylation is 1. The highest BCUT2D eigenvalue weighted by Crippen LogP contribution is 2.38. The third kappa shape index (κ3) is 4.81. The van der Waals surface area contributed by atoms with Crippen LogP contribution < -0.4 is 5.32 Å². The largest absolute Gasteiger partial charge is 0.460 e. The Labute approximate surface area is 208 Å². The topological polar surface area (TPSA) is 109 Å². The number of hydrogen-bond acceptors (Lipinski definition) is 7. The second-order valence-electron chi connectivity index (χ2n) is 9.33. The zero-order chi connectivity index (χ0) is 25.4. The maximum absolute atomic E-state index is 12.5. The summed E-state index contributed by atoms with van der Waals surface area (Å²) in [5.41, 5.74) is 5.86. The van der Waals surface area contributed by atoms with E-state index in [0.717, 1.165) is 27.8 Å². The van der Waals surface area contributed by atoms with E-state index in [4.69, 9.17) is 21.3 Å². The Kier molecular flexibility index (Phi) is 6.96. The molecule has 0 bridgehead atoms. The Morgan fingerprint density at radius 3 is 2.77 bits per heavy atom. The van der Waals surface area contributed by atoms with Crippen molar-refractivity contribution in [2.45, 2.75) is 46.4 Å². The van der Waals surface area contributed by atoms with E-state index < -0.39 is 12.0 Å². The number of benzene rings is 1. The van der Waals surface area contributed by atoms with Crippen LogP contribution in [0.2, 0.25) is 5.02 Å². The predicted octanol–water partition coefficient (Wildman–Crippen LogP) is 3.06. The summed E-state index contributed by atoms with van der Waals surface area (Å²) in [4.78, 5) is 42.8. The summed E-state index contributed by atoms with van der Waals surface area (Å²) in [6, 6.07) is 3.75. The molecule has 35 heavy (non-hydrogen) atoms. The minimum absolute atomic E-state index is 0.00928. The molecule has 2 aliphatic heterocycles. The maximum Gasteiger partial charge on any atom is 0.310 e. The van der Waals surface area contributed by atoms with Crippen LogP contribution in [-0.2, 0) is 32.2 Å². The minimum atomic E-state index is -1.11. The molecule has 1 amide bonds. The van der Waals surface area contributed by atoms with Crippen molar-refractivity contribution >= 4 is 46.4 Å². The molecular weight excluding hydrogens is 470 g/mol. The van der Waals surface area contributed by atoms with Crippen LogP contribution in [0, 0.1) is 12.8 Å². The second-order valence-corrected chi connectivity index (χ2v) is 9.74. The molecule has 0 saturated carbocycles. The number of carbonyl (C=O) groups excluding carboxylic acids is 3. The standard InChI is InChI=1S/C26H28ClN3O5/c1-13(2)25(33)26(34)28-9-18-17-5-14(3)20(27)8-21(17)29-24-19(18)10-30(4)22(24)6-15-7-23(32)35-12-16(15)11-31/h5-6,8,11,13,25,33H,7,9-10,12H2,1-4H3,(H,28,34)/b22-6-. The van der Waals surface area contributed by atoms with Crippen molar-refractivity contribution in [3.8, 4) is 0 Å². The van der Waals surface area contributed by atoms with Gasteiger partial charge >= 0.3 is 5.97 Å². The number of halogens is 1. The van der Waals surface area contributed by atoms with E-state index >= 15 is 0 Å². The first kappa shape index (κ1) is 24.9. The van der Waals surface area contributed by atoms with Gasteiger partial charge in [0, 0.05) is 41.7 Å². The quantitative estimate of drug-likeness (QED) is 0.466. The normalized spacial score (nSPS) is 17.7. The number of aldehydes is 1. The Morgan fingerprint density at radius 1 is 1.34 bits per heavy atom. The molecule has 0 radical (unpaired) electrons. The summed E-state index contributed by atoms with van der Waals surface area (Å²) < 4.78 is 5.00. The van der Waals surface area contributed by atoms with Gasteiger partial charge in [-0.25, -0.2) is 4.98 Å². The van der Waals surface area contributed by atoms with Gasteiger partial charge in [0.1, 0.15) is 19.0 Å². The molecule has 4 rings (SSSR count). The molecule has 2 N–H and O–H groups in total. The van der Waals surface area contributed by atoms with Gasteiger partial charge in [-0.15, -0.1) is 0 Å². The summed E-state index contributed by atoms with van der Waals surface area (Å²) in [5.74, 6) is -1.03. The predicted molar refractivity (Wildman–Crippen MR) is 132 cm³/mol. The van der Waals surface area contributed by atoms with E-state index in [1.807, 2.05) is 31.0 Å². The van der Waals surface area contributed by atoms with Crippen LogP contribution in [0.3, 0.4) is 0 Å². The lowest BCUT2D eigenvalue weighted by Crippen LogP contribution is -2.37. The fraction of sp³-hybridized carbons (Fsp3) is 0.385. The van der Waals surface area contributed by atoms with Gasteiger partial charge in [-0.05, 0) is 47.8 Å². The number of nitrogens with zero attached hydrogens (tertiary/aromatic N) is 2. The number of amides is 1. The highest BCUT2D eigenvalue weighted by molar-refractivity contribution is 6.32. The van der Waals surface area contributed by atoms with Gasteiger partial charge in [0.05, 0.1) is 23.3 Å². The number of allylic oxidation sites excluding steroid dienone is 1. The van der Waals surface area contributed by atoms with Crippen LogP contribution in [-0.4, -0.2) is 52.9 Å². The first-order valence-corrected chi connectivity index (χ1v) is 11.8. The first-order valence-electron chi connectivity index (χ1n) is 11.4. The van der Waals surface area contributed by atoms with E-state index in [1.165, 1.54) is 0 Å². The molecule has 0 fully saturated rings. The number of hydrogen-bond donors (Lipinski definition) is 2. The lowest BCUT2D eigenvalue weighted by molar-refractivity contribution is -0.142. The summed E-state index contributed by atoms with van der Waals surface area (Å²) >= 11 is 6.40. The first-order chi connectivity index (χ1) is 16.6. The Hall–Kier alpha value is -3.23. The number of esters is 1. The molecule has 9 heteroatoms. The molecule has 3 heterocycles. The van der Waals surface area contributed by atoms with Crippen LogP contribution in [0.1, 0.15) is 42.7 Å². The average Bonchev–Trinajstić information content (AvgIpc) is 3.12. The van der Waals surface area contributed by atoms with E-state index in [0.29, 0.717) is 40.2 Å². The van der Waals surface area contributed by atoms with E-state index in [2.05, 4.69) is 5.32 Å². The van der Waals surface area contributed by atoms with Crippen molar-refractivity contribution in [2.24, 2.45) is 5.92 Å². The SMILES string of the molecule is Cc1cc2c(CNC(=O)C(O)C(C)C)c3c(nc2cc1Cl)/C(=C/C1=C(C=O)COC(=O)C1)N(C)C3. The summed E-state index contributed by atoms with van der Waals surface area (Å²) in [7, 11) is 1.91. The number of cyclic esters (lactones) is 1. The van der Waals surface area contributed by atoms with Crippen LogP contribution in [0.4, 0.5) is 0 Å². The van der Waals surface area contributed by atoms with Gasteiger partial charge in [0.15, 0.2) is 0 Å². The van der Waals surface area contributed by atoms with Gasteiger partial charge in [0.2, 0.25) is 5.91 Å². The van der Waals surface area contributed by atoms with Crippen molar-refractivity contribution in [1.29, 1.82) is 0 Å². The monoisotopic (exact) mass is 497 g/mol. The van der Waals surface area contributed by atoms with Crippen LogP contribution >= 0.6 is 11.6 Å². The Morgan fingerprint density at radius 2 is 2.09 bits per heavy atom. The summed E-state index contributed by atoms with van der Waals surface area (Å²) in [6.07, 6.45) is 1.43. The molecule has 1 aromatic heterocycles. The third-order valence-corrected chi connectivity index (χ3v) is 6.87. The molecule has 1 atom stereocenters. The molecule has 184 valence electrons. The van der Waals surface area contributed by atoms with Gasteiger partial charge < -0.3 is 20.1 Å². The zero-order valence-corrected chi connectivity index (χ0v) is 20.9. The number of pyridine rings is 1. The molecule has 2 aliphatic rings. The zero-order valence-electron chi connectivity index (χ0n) is 20.1. The van der Waals surface area contributed by atoms with E-state index in [1.54, 1.807) is 19.9 Å². The Bertz CT molecular complexity index is 1300. The number of fused-ring (bicyclic) bond motifs is 2. The average molecular weight is 498 g/mol. The highest BCUT2D eigenvalue weighted by atomic mass is 35.5. The fourth-order valence-electron chi connectivity index (χ4n) is 4.34. The molecule has 0 saturated heterocycles. The molecule has 1 aromatic carbocycles. The van der Waals surface area contributed by atoms with Crippen LogP contribution in [0.15, 0.2) is 29.4 Å². The second kappa shape index (κ2) is 9.79. The van der Waals surface area contributed by atoms with E-state index in [9.17, 15) is 19.5 Å². The van der Waals surface area contributed by atoms with Gasteiger partial charge in [-0.3, -0.25) is 14.4 Å². The summed E-state index contributed by atoms with van der Waals surface area (Å²) in [5, 5.41) is 14.5. The van der Waals surface area contributed by atoms with Crippen molar-refractivity contribution in [2.75, 3.05) is 13.7 Å².